The number of pyridine rings is 1. The van der Waals surface area contributed by atoms with Gasteiger partial charge in [-0.1, -0.05) is 23.2 Å². The van der Waals surface area contributed by atoms with Crippen molar-refractivity contribution in [3.8, 4) is 0 Å². The normalized spacial score (nSPS) is 20.0. The summed E-state index contributed by atoms with van der Waals surface area (Å²) in [6, 6.07) is 1.48. The number of nitrogens with zero attached hydrogens (tertiary/aromatic N) is 1. The van der Waals surface area contributed by atoms with Crippen LogP contribution in [0, 0.1) is 0 Å². The van der Waals surface area contributed by atoms with Gasteiger partial charge in [0.1, 0.15) is 5.82 Å². The standard InChI is InChI=1S/C10H10Cl2N2O3/c11-6-3-9(13-4-7(6)12)14-10(15)8-5-16-1-2-17-8/h3-4,8H,1-2,5H2,(H,13,14,15). The molecule has 0 radical (unpaired) electrons. The molecular formula is C10H10Cl2N2O3. The van der Waals surface area contributed by atoms with Gasteiger partial charge in [0.25, 0.3) is 5.91 Å². The Balaban J connectivity index is 1.99. The second-order valence-corrected chi connectivity index (χ2v) is 4.22. The number of carbonyl (C=O) groups excluding carboxylic acids is 1. The number of hydrogen-bond donors (Lipinski definition) is 1. The lowest BCUT2D eigenvalue weighted by Gasteiger charge is -2.21. The lowest BCUT2D eigenvalue weighted by molar-refractivity contribution is -0.142. The SMILES string of the molecule is O=C(Nc1cc(Cl)c(Cl)cn1)C1COCCO1. The van der Waals surface area contributed by atoms with Gasteiger partial charge < -0.3 is 14.8 Å². The maximum Gasteiger partial charge on any atom is 0.257 e. The summed E-state index contributed by atoms with van der Waals surface area (Å²) in [5, 5.41) is 3.25. The monoisotopic (exact) mass is 276 g/mol. The number of anilines is 1. The largest absolute Gasteiger partial charge is 0.376 e. The van der Waals surface area contributed by atoms with E-state index < -0.39 is 6.10 Å². The Hall–Kier alpha value is -0.880. The summed E-state index contributed by atoms with van der Waals surface area (Å²) in [6.07, 6.45) is 0.762. The Kier molecular flexibility index (Phi) is 4.17. The Morgan fingerprint density at radius 1 is 1.41 bits per heavy atom. The molecule has 1 atom stereocenters. The van der Waals surface area contributed by atoms with Crippen LogP contribution in [0.3, 0.4) is 0 Å². The molecule has 0 aliphatic carbocycles. The molecule has 1 aliphatic rings. The van der Waals surface area contributed by atoms with Crippen molar-refractivity contribution in [2.45, 2.75) is 6.10 Å². The number of nitrogens with one attached hydrogen (secondary N) is 1. The summed E-state index contributed by atoms with van der Waals surface area (Å²) in [5.74, 6) is 0.0224. The van der Waals surface area contributed by atoms with E-state index in [1.807, 2.05) is 0 Å². The molecular weight excluding hydrogens is 267 g/mol. The Labute approximate surface area is 108 Å². The van der Waals surface area contributed by atoms with Crippen LogP contribution >= 0.6 is 23.2 Å². The predicted octanol–water partition coefficient (Wildman–Crippen LogP) is 1.74. The zero-order valence-electron chi connectivity index (χ0n) is 8.78. The minimum atomic E-state index is -0.611. The molecule has 7 heteroatoms. The highest BCUT2D eigenvalue weighted by atomic mass is 35.5. The van der Waals surface area contributed by atoms with E-state index in [1.165, 1.54) is 12.3 Å². The first-order chi connectivity index (χ1) is 8.16. The van der Waals surface area contributed by atoms with E-state index in [4.69, 9.17) is 32.7 Å². The molecule has 17 heavy (non-hydrogen) atoms. The minimum Gasteiger partial charge on any atom is -0.376 e. The van der Waals surface area contributed by atoms with Crippen LogP contribution in [0.1, 0.15) is 0 Å². The average molecular weight is 277 g/mol. The van der Waals surface area contributed by atoms with E-state index in [2.05, 4.69) is 10.3 Å². The average Bonchev–Trinajstić information content (AvgIpc) is 2.35. The fourth-order valence-electron chi connectivity index (χ4n) is 1.33. The molecule has 1 saturated heterocycles. The maximum absolute atomic E-state index is 11.7. The molecule has 5 nitrogen and oxygen atoms in total. The zero-order valence-corrected chi connectivity index (χ0v) is 10.3. The van der Waals surface area contributed by atoms with Gasteiger partial charge in [-0.25, -0.2) is 4.98 Å². The van der Waals surface area contributed by atoms with E-state index in [0.29, 0.717) is 29.1 Å². The zero-order chi connectivity index (χ0) is 12.3. The molecule has 1 unspecified atom stereocenters. The van der Waals surface area contributed by atoms with Crippen LogP contribution in [0.2, 0.25) is 10.0 Å². The highest BCUT2D eigenvalue weighted by Crippen LogP contribution is 2.22. The molecule has 92 valence electrons. The topological polar surface area (TPSA) is 60.5 Å². The number of aromatic nitrogens is 1. The predicted molar refractivity (Wildman–Crippen MR) is 63.4 cm³/mol. The van der Waals surface area contributed by atoms with Crippen molar-refractivity contribution in [1.29, 1.82) is 0 Å². The van der Waals surface area contributed by atoms with E-state index >= 15 is 0 Å². The quantitative estimate of drug-likeness (QED) is 0.894. The van der Waals surface area contributed by atoms with Gasteiger partial charge in [0.05, 0.1) is 29.9 Å². The molecule has 0 aromatic carbocycles. The number of ether oxygens (including phenoxy) is 2. The van der Waals surface area contributed by atoms with Crippen molar-refractivity contribution in [1.82, 2.24) is 4.98 Å². The fourth-order valence-corrected chi connectivity index (χ4v) is 1.58. The van der Waals surface area contributed by atoms with Crippen LogP contribution < -0.4 is 5.32 Å². The molecule has 1 aliphatic heterocycles. The highest BCUT2D eigenvalue weighted by molar-refractivity contribution is 6.42. The first kappa shape index (κ1) is 12.6. The number of amides is 1. The smallest absolute Gasteiger partial charge is 0.257 e. The lowest BCUT2D eigenvalue weighted by atomic mass is 10.3. The summed E-state index contributed by atoms with van der Waals surface area (Å²) in [7, 11) is 0. The third-order valence-corrected chi connectivity index (χ3v) is 2.88. The van der Waals surface area contributed by atoms with Gasteiger partial charge in [-0.3, -0.25) is 4.79 Å². The van der Waals surface area contributed by atoms with Gasteiger partial charge in [0, 0.05) is 12.3 Å². The lowest BCUT2D eigenvalue weighted by Crippen LogP contribution is -2.39. The molecule has 1 fully saturated rings. The van der Waals surface area contributed by atoms with Crippen LogP contribution in [0.4, 0.5) is 5.82 Å². The second-order valence-electron chi connectivity index (χ2n) is 3.41. The summed E-state index contributed by atoms with van der Waals surface area (Å²) >= 11 is 11.5. The first-order valence-corrected chi connectivity index (χ1v) is 5.73. The van der Waals surface area contributed by atoms with Crippen LogP contribution in [0.15, 0.2) is 12.3 Å². The maximum atomic E-state index is 11.7. The molecule has 0 saturated carbocycles. The van der Waals surface area contributed by atoms with Crippen LogP contribution in [0.25, 0.3) is 0 Å². The third kappa shape index (κ3) is 3.29. The summed E-state index contributed by atoms with van der Waals surface area (Å²) in [4.78, 5) is 15.7. The van der Waals surface area contributed by atoms with Gasteiger partial charge in [-0.15, -0.1) is 0 Å². The molecule has 1 aromatic heterocycles. The van der Waals surface area contributed by atoms with Crippen molar-refractivity contribution in [3.05, 3.63) is 22.3 Å². The fraction of sp³-hybridized carbons (Fsp3) is 0.400. The second kappa shape index (κ2) is 5.64. The van der Waals surface area contributed by atoms with Gasteiger partial charge in [-0.2, -0.15) is 0 Å². The molecule has 0 bridgehead atoms. The van der Waals surface area contributed by atoms with Crippen molar-refractivity contribution < 1.29 is 14.3 Å². The van der Waals surface area contributed by atoms with Gasteiger partial charge in [0.15, 0.2) is 6.10 Å². The molecule has 2 rings (SSSR count). The van der Waals surface area contributed by atoms with E-state index in [1.54, 1.807) is 0 Å². The molecule has 1 N–H and O–H groups in total. The van der Waals surface area contributed by atoms with Crippen LogP contribution in [-0.2, 0) is 14.3 Å². The third-order valence-electron chi connectivity index (χ3n) is 2.17. The number of hydrogen-bond acceptors (Lipinski definition) is 4. The van der Waals surface area contributed by atoms with Gasteiger partial charge >= 0.3 is 0 Å². The Morgan fingerprint density at radius 3 is 2.88 bits per heavy atom. The van der Waals surface area contributed by atoms with Crippen molar-refractivity contribution in [2.75, 3.05) is 25.1 Å². The minimum absolute atomic E-state index is 0.243. The molecule has 1 amide bonds. The van der Waals surface area contributed by atoms with Crippen molar-refractivity contribution in [2.24, 2.45) is 0 Å². The first-order valence-electron chi connectivity index (χ1n) is 4.98. The van der Waals surface area contributed by atoms with Gasteiger partial charge in [0.2, 0.25) is 0 Å². The Bertz CT molecular complexity index is 422. The summed E-state index contributed by atoms with van der Waals surface area (Å²) in [5.41, 5.74) is 0. The van der Waals surface area contributed by atoms with E-state index in [9.17, 15) is 4.79 Å². The van der Waals surface area contributed by atoms with Gasteiger partial charge in [-0.05, 0) is 0 Å². The Morgan fingerprint density at radius 2 is 2.24 bits per heavy atom. The van der Waals surface area contributed by atoms with Crippen molar-refractivity contribution >= 4 is 34.9 Å². The van der Waals surface area contributed by atoms with E-state index in [0.717, 1.165) is 0 Å². The van der Waals surface area contributed by atoms with Crippen molar-refractivity contribution in [3.63, 3.8) is 0 Å². The summed E-state index contributed by atoms with van der Waals surface area (Å²) < 4.78 is 10.4. The van der Waals surface area contributed by atoms with Crippen LogP contribution in [-0.4, -0.2) is 36.8 Å². The molecule has 0 spiro atoms. The number of halogens is 2. The van der Waals surface area contributed by atoms with Crippen LogP contribution in [0.5, 0.6) is 0 Å². The number of carbonyl (C=O) groups is 1. The highest BCUT2D eigenvalue weighted by Gasteiger charge is 2.23. The molecule has 2 heterocycles. The van der Waals surface area contributed by atoms with E-state index in [-0.39, 0.29) is 12.5 Å². The summed E-state index contributed by atoms with van der Waals surface area (Å²) in [6.45, 7) is 1.16. The molecule has 1 aromatic rings. The number of rotatable bonds is 2.